The standard InChI is InChI=1S/C24H35N3O6/c1-15-8-7-9-16(2)27(15)20(28)14-32-19-12-10-18(11-13-19)22(30)33-17(3)21(29)25-23(31)26-24(4,5)6/h10-13,15-17H,7-9,14H2,1-6H3,(H2,25,26,29,31). The molecule has 3 unspecified atom stereocenters. The number of amides is 4. The third-order valence-electron chi connectivity index (χ3n) is 5.31. The first-order chi connectivity index (χ1) is 15.4. The van der Waals surface area contributed by atoms with Gasteiger partial charge in [0, 0.05) is 17.6 Å². The van der Waals surface area contributed by atoms with Crippen LogP contribution in [0.1, 0.15) is 71.2 Å². The van der Waals surface area contributed by atoms with Gasteiger partial charge in [-0.3, -0.25) is 14.9 Å². The molecule has 2 N–H and O–H groups in total. The molecule has 1 aromatic rings. The van der Waals surface area contributed by atoms with Gasteiger partial charge in [-0.15, -0.1) is 0 Å². The van der Waals surface area contributed by atoms with E-state index in [1.165, 1.54) is 19.1 Å². The quantitative estimate of drug-likeness (QED) is 0.630. The second kappa shape index (κ2) is 11.2. The Labute approximate surface area is 195 Å². The Morgan fingerprint density at radius 2 is 1.64 bits per heavy atom. The van der Waals surface area contributed by atoms with Crippen LogP contribution in [-0.2, 0) is 14.3 Å². The zero-order valence-corrected chi connectivity index (χ0v) is 20.3. The largest absolute Gasteiger partial charge is 0.484 e. The maximum Gasteiger partial charge on any atom is 0.338 e. The van der Waals surface area contributed by atoms with Crippen LogP contribution in [0.3, 0.4) is 0 Å². The van der Waals surface area contributed by atoms with E-state index in [1.54, 1.807) is 32.9 Å². The van der Waals surface area contributed by atoms with Crippen LogP contribution in [0.5, 0.6) is 5.75 Å². The van der Waals surface area contributed by atoms with Gasteiger partial charge >= 0.3 is 12.0 Å². The van der Waals surface area contributed by atoms with Crippen LogP contribution in [0, 0.1) is 0 Å². The highest BCUT2D eigenvalue weighted by Gasteiger charge is 2.29. The molecular weight excluding hydrogens is 426 g/mol. The van der Waals surface area contributed by atoms with Crippen LogP contribution in [0.4, 0.5) is 4.79 Å². The third-order valence-corrected chi connectivity index (χ3v) is 5.31. The van der Waals surface area contributed by atoms with Gasteiger partial charge in [-0.05, 0) is 85.1 Å². The van der Waals surface area contributed by atoms with Gasteiger partial charge in [0.05, 0.1) is 5.56 Å². The molecular formula is C24H35N3O6. The van der Waals surface area contributed by atoms with Gasteiger partial charge in [0.15, 0.2) is 12.7 Å². The molecule has 1 saturated heterocycles. The van der Waals surface area contributed by atoms with Crippen molar-refractivity contribution in [2.75, 3.05) is 6.61 Å². The Hall–Kier alpha value is -3.10. The van der Waals surface area contributed by atoms with Crippen LogP contribution < -0.4 is 15.4 Å². The summed E-state index contributed by atoms with van der Waals surface area (Å²) >= 11 is 0. The van der Waals surface area contributed by atoms with Crippen LogP contribution in [0.2, 0.25) is 0 Å². The van der Waals surface area contributed by atoms with Gasteiger partial charge in [-0.25, -0.2) is 9.59 Å². The van der Waals surface area contributed by atoms with Gasteiger partial charge in [0.1, 0.15) is 5.75 Å². The van der Waals surface area contributed by atoms with Crippen molar-refractivity contribution in [3.63, 3.8) is 0 Å². The van der Waals surface area contributed by atoms with Crippen molar-refractivity contribution in [3.05, 3.63) is 29.8 Å². The number of rotatable bonds is 6. The molecule has 0 bridgehead atoms. The fourth-order valence-electron chi connectivity index (χ4n) is 3.69. The SMILES string of the molecule is CC(OC(=O)c1ccc(OCC(=O)N2C(C)CCCC2C)cc1)C(=O)NC(=O)NC(C)(C)C. The predicted octanol–water partition coefficient (Wildman–Crippen LogP) is 3.02. The third kappa shape index (κ3) is 8.07. The summed E-state index contributed by atoms with van der Waals surface area (Å²) in [7, 11) is 0. The summed E-state index contributed by atoms with van der Waals surface area (Å²) in [5.41, 5.74) is -0.297. The first kappa shape index (κ1) is 26.2. The van der Waals surface area contributed by atoms with Gasteiger partial charge in [0.25, 0.3) is 11.8 Å². The lowest BCUT2D eigenvalue weighted by atomic mass is 9.97. The molecule has 0 aliphatic carbocycles. The number of imide groups is 1. The van der Waals surface area contributed by atoms with Crippen LogP contribution in [-0.4, -0.2) is 59.0 Å². The summed E-state index contributed by atoms with van der Waals surface area (Å²) in [6, 6.07) is 5.83. The minimum absolute atomic E-state index is 0.0616. The molecule has 0 aromatic heterocycles. The monoisotopic (exact) mass is 461 g/mol. The van der Waals surface area contributed by atoms with Crippen molar-refractivity contribution < 1.29 is 28.7 Å². The first-order valence-electron chi connectivity index (χ1n) is 11.3. The average molecular weight is 462 g/mol. The maximum absolute atomic E-state index is 12.6. The normalized spacial score (nSPS) is 19.3. The van der Waals surface area contributed by atoms with Gasteiger partial charge in [0.2, 0.25) is 0 Å². The molecule has 2 rings (SSSR count). The number of hydrogen-bond donors (Lipinski definition) is 2. The minimum atomic E-state index is -1.16. The molecule has 1 heterocycles. The average Bonchev–Trinajstić information content (AvgIpc) is 2.70. The smallest absolute Gasteiger partial charge is 0.338 e. The van der Waals surface area contributed by atoms with Crippen LogP contribution in [0.15, 0.2) is 24.3 Å². The summed E-state index contributed by atoms with van der Waals surface area (Å²) < 4.78 is 10.7. The highest BCUT2D eigenvalue weighted by molar-refractivity contribution is 5.98. The highest BCUT2D eigenvalue weighted by atomic mass is 16.5. The number of nitrogens with zero attached hydrogens (tertiary/aromatic N) is 1. The second-order valence-electron chi connectivity index (χ2n) is 9.48. The molecule has 0 spiro atoms. The van der Waals surface area contributed by atoms with Crippen LogP contribution >= 0.6 is 0 Å². The molecule has 4 amide bonds. The molecule has 182 valence electrons. The Morgan fingerprint density at radius 3 is 2.18 bits per heavy atom. The summed E-state index contributed by atoms with van der Waals surface area (Å²) in [6.45, 7) is 10.7. The Bertz CT molecular complexity index is 852. The fourth-order valence-corrected chi connectivity index (χ4v) is 3.69. The molecule has 1 fully saturated rings. The van der Waals surface area contributed by atoms with Gasteiger partial charge in [-0.2, -0.15) is 0 Å². The Balaban J connectivity index is 1.85. The maximum atomic E-state index is 12.6. The second-order valence-corrected chi connectivity index (χ2v) is 9.48. The van der Waals surface area contributed by atoms with E-state index >= 15 is 0 Å². The molecule has 9 nitrogen and oxygen atoms in total. The van der Waals surface area contributed by atoms with E-state index in [4.69, 9.17) is 9.47 Å². The Kier molecular flexibility index (Phi) is 8.84. The van der Waals surface area contributed by atoms with E-state index < -0.39 is 29.6 Å². The van der Waals surface area contributed by atoms with E-state index in [9.17, 15) is 19.2 Å². The van der Waals surface area contributed by atoms with E-state index in [2.05, 4.69) is 10.6 Å². The number of carbonyl (C=O) groups is 4. The van der Waals surface area contributed by atoms with Crippen molar-refractivity contribution in [3.8, 4) is 5.75 Å². The number of benzene rings is 1. The first-order valence-corrected chi connectivity index (χ1v) is 11.3. The zero-order valence-electron chi connectivity index (χ0n) is 20.3. The number of piperidine rings is 1. The van der Waals surface area contributed by atoms with Crippen molar-refractivity contribution in [2.45, 2.75) is 84.5 Å². The van der Waals surface area contributed by atoms with Crippen molar-refractivity contribution >= 4 is 23.8 Å². The lowest BCUT2D eigenvalue weighted by molar-refractivity contribution is -0.139. The lowest BCUT2D eigenvalue weighted by Crippen LogP contribution is -2.50. The van der Waals surface area contributed by atoms with Crippen molar-refractivity contribution in [1.82, 2.24) is 15.5 Å². The number of urea groups is 1. The number of carbonyl (C=O) groups excluding carboxylic acids is 4. The summed E-state index contributed by atoms with van der Waals surface area (Å²) in [6.07, 6.45) is 1.94. The number of likely N-dealkylation sites (tertiary alicyclic amines) is 1. The fraction of sp³-hybridized carbons (Fsp3) is 0.583. The van der Waals surface area contributed by atoms with Crippen molar-refractivity contribution in [2.24, 2.45) is 0 Å². The Morgan fingerprint density at radius 1 is 1.06 bits per heavy atom. The van der Waals surface area contributed by atoms with Gasteiger partial charge in [-0.1, -0.05) is 0 Å². The predicted molar refractivity (Wildman–Crippen MR) is 123 cm³/mol. The van der Waals surface area contributed by atoms with E-state index in [0.717, 1.165) is 19.3 Å². The van der Waals surface area contributed by atoms with Crippen molar-refractivity contribution in [1.29, 1.82) is 0 Å². The zero-order chi connectivity index (χ0) is 24.8. The number of ether oxygens (including phenoxy) is 2. The number of nitrogens with one attached hydrogen (secondary N) is 2. The van der Waals surface area contributed by atoms with E-state index in [1.807, 2.05) is 18.7 Å². The minimum Gasteiger partial charge on any atom is -0.484 e. The summed E-state index contributed by atoms with van der Waals surface area (Å²) in [4.78, 5) is 50.6. The van der Waals surface area contributed by atoms with Crippen LogP contribution in [0.25, 0.3) is 0 Å². The summed E-state index contributed by atoms with van der Waals surface area (Å²) in [5.74, 6) is -1.06. The number of hydrogen-bond acceptors (Lipinski definition) is 6. The molecule has 1 aromatic carbocycles. The molecule has 33 heavy (non-hydrogen) atoms. The molecule has 1 aliphatic heterocycles. The molecule has 0 saturated carbocycles. The van der Waals surface area contributed by atoms with E-state index in [-0.39, 0.29) is 30.2 Å². The topological polar surface area (TPSA) is 114 Å². The molecule has 3 atom stereocenters. The van der Waals surface area contributed by atoms with E-state index in [0.29, 0.717) is 5.75 Å². The number of esters is 1. The van der Waals surface area contributed by atoms with Gasteiger partial charge < -0.3 is 19.7 Å². The highest BCUT2D eigenvalue weighted by Crippen LogP contribution is 2.23. The summed E-state index contributed by atoms with van der Waals surface area (Å²) in [5, 5.41) is 4.73. The molecule has 0 radical (unpaired) electrons. The molecule has 9 heteroatoms. The molecule has 1 aliphatic rings. The lowest BCUT2D eigenvalue weighted by Gasteiger charge is -2.38.